The van der Waals surface area contributed by atoms with Crippen molar-refractivity contribution >= 4 is 103 Å². The molecule has 0 spiro atoms. The molecule has 0 fully saturated rings. The number of rotatable bonds is 11. The molecule has 0 aromatic heterocycles. The summed E-state index contributed by atoms with van der Waals surface area (Å²) in [4.78, 5) is 83.7. The molecule has 192 valence electrons. The summed E-state index contributed by atoms with van der Waals surface area (Å²) in [6.45, 7) is 0. The summed E-state index contributed by atoms with van der Waals surface area (Å²) in [5, 5.41) is 45.6. The number of esters is 2. The molecule has 0 aromatic carbocycles. The fourth-order valence-electron chi connectivity index (χ4n) is 1.76. The first kappa shape index (κ1) is 46.3. The Kier molecular flexibility index (Phi) is 24.9. The second-order valence-corrected chi connectivity index (χ2v) is 6.74. The Bertz CT molecular complexity index is 779. The molecule has 0 radical (unpaired) electrons. The molecule has 34 heavy (non-hydrogen) atoms. The molecule has 0 heterocycles. The first-order chi connectivity index (χ1) is 12.9. The quantitative estimate of drug-likeness (QED) is 0.0545. The van der Waals surface area contributed by atoms with Crippen LogP contribution in [0.4, 0.5) is 0 Å². The van der Waals surface area contributed by atoms with Crippen LogP contribution in [0.1, 0.15) is 25.7 Å². The molecule has 0 aromatic rings. The summed E-state index contributed by atoms with van der Waals surface area (Å²) in [6, 6.07) is 0. The second kappa shape index (κ2) is 18.3. The molecular weight excluding hydrogens is 525 g/mol. The van der Waals surface area contributed by atoms with Crippen LogP contribution in [0.5, 0.6) is 0 Å². The van der Waals surface area contributed by atoms with Gasteiger partial charge in [0.15, 0.2) is 11.2 Å². The molecule has 0 rings (SSSR count). The molecule has 13 N–H and O–H groups in total. The van der Waals surface area contributed by atoms with E-state index in [0.29, 0.717) is 0 Å². The van der Waals surface area contributed by atoms with Crippen LogP contribution >= 0.6 is 7.82 Å². The van der Waals surface area contributed by atoms with Gasteiger partial charge in [0.25, 0.3) is 0 Å². The van der Waals surface area contributed by atoms with Crippen molar-refractivity contribution in [3.63, 3.8) is 0 Å². The van der Waals surface area contributed by atoms with Gasteiger partial charge in [0.2, 0.25) is 0 Å². The van der Waals surface area contributed by atoms with Crippen molar-refractivity contribution in [3.8, 4) is 0 Å². The van der Waals surface area contributed by atoms with Gasteiger partial charge >= 0.3 is 103 Å². The molecule has 2 unspecified atom stereocenters. The average molecular weight is 548 g/mol. The number of phosphoric acid groups is 1. The van der Waals surface area contributed by atoms with Crippen molar-refractivity contribution < 1.29 is 94.3 Å². The fourth-order valence-corrected chi connectivity index (χ4v) is 2.09. The number of aliphatic carboxylic acids is 3. The van der Waals surface area contributed by atoms with Crippen molar-refractivity contribution in [1.29, 1.82) is 0 Å². The zero-order chi connectivity index (χ0) is 23.2. The van der Waals surface area contributed by atoms with Crippen LogP contribution in [0.3, 0.4) is 0 Å². The molecular formula is C12H23Na2O19P. The summed E-state index contributed by atoms with van der Waals surface area (Å²) in [5.74, 6) is -11.8. The Balaban J connectivity index is -0.000000392. The van der Waals surface area contributed by atoms with E-state index in [1.165, 1.54) is 0 Å². The van der Waals surface area contributed by atoms with E-state index >= 15 is 0 Å². The SMILES string of the molecule is O.O.O.O=C(O)CC(O)(CC(=O)OC(=O)CC(O)(CC(=O)OP(=O)(O)O)C(=O)O)C(=O)O.[NaH].[NaH]. The first-order valence-corrected chi connectivity index (χ1v) is 8.58. The standard InChI is InChI=1S/C12H15O16P.2Na.3H2O.2H/c13-5(14)1-11(22,9(18)19)2-6(15)27-7(16)3-12(23,10(20)21)4-8(17)28-29(24,25)26;;;;;;;/h22-23H,1-4H2,(H,13,14)(H,18,19)(H,20,21)(H2,24,25,26);;;3*1H2;;. The Morgan fingerprint density at radius 2 is 0.941 bits per heavy atom. The monoisotopic (exact) mass is 548 g/mol. The number of carboxylic acids is 3. The third-order valence-corrected chi connectivity index (χ3v) is 3.44. The number of phosphoric ester groups is 1. The van der Waals surface area contributed by atoms with E-state index in [-0.39, 0.29) is 75.5 Å². The van der Waals surface area contributed by atoms with Crippen LogP contribution in [0, 0.1) is 0 Å². The fraction of sp³-hybridized carbons (Fsp3) is 0.500. The predicted molar refractivity (Wildman–Crippen MR) is 106 cm³/mol. The van der Waals surface area contributed by atoms with Crippen molar-refractivity contribution in [3.05, 3.63) is 0 Å². The topological polar surface area (TPSA) is 374 Å². The van der Waals surface area contributed by atoms with E-state index in [2.05, 4.69) is 9.26 Å². The van der Waals surface area contributed by atoms with E-state index in [0.717, 1.165) is 0 Å². The predicted octanol–water partition coefficient (Wildman–Crippen LogP) is -6.80. The molecule has 0 saturated heterocycles. The van der Waals surface area contributed by atoms with Crippen LogP contribution in [-0.2, 0) is 42.6 Å². The number of hydrogen-bond acceptors (Lipinski definition) is 11. The number of carboxylic acid groups (broad SMARTS) is 3. The summed E-state index contributed by atoms with van der Waals surface area (Å²) < 4.78 is 18.0. The third kappa shape index (κ3) is 17.4. The molecule has 2 atom stereocenters. The zero-order valence-corrected chi connectivity index (χ0v) is 16.5. The van der Waals surface area contributed by atoms with Gasteiger partial charge in [-0.05, 0) is 0 Å². The van der Waals surface area contributed by atoms with Crippen LogP contribution in [0.2, 0.25) is 0 Å². The molecule has 0 aliphatic rings. The van der Waals surface area contributed by atoms with Gasteiger partial charge in [-0.2, -0.15) is 0 Å². The Labute approximate surface area is 232 Å². The molecule has 0 saturated carbocycles. The van der Waals surface area contributed by atoms with E-state index < -0.39 is 80.5 Å². The van der Waals surface area contributed by atoms with Crippen LogP contribution in [0.25, 0.3) is 0 Å². The maximum absolute atomic E-state index is 11.6. The number of ether oxygens (including phenoxy) is 1. The number of hydrogen-bond donors (Lipinski definition) is 7. The van der Waals surface area contributed by atoms with E-state index in [1.807, 2.05) is 0 Å². The van der Waals surface area contributed by atoms with Gasteiger partial charge in [-0.3, -0.25) is 29.0 Å². The van der Waals surface area contributed by atoms with Gasteiger partial charge < -0.3 is 51.2 Å². The number of aliphatic hydroxyl groups is 2. The van der Waals surface area contributed by atoms with E-state index in [9.17, 15) is 43.5 Å². The van der Waals surface area contributed by atoms with E-state index in [4.69, 9.17) is 25.1 Å². The zero-order valence-electron chi connectivity index (χ0n) is 15.6. The van der Waals surface area contributed by atoms with Crippen molar-refractivity contribution in [1.82, 2.24) is 0 Å². The molecule has 0 aliphatic heterocycles. The Morgan fingerprint density at radius 1 is 0.647 bits per heavy atom. The Hall–Kier alpha value is -1.03. The van der Waals surface area contributed by atoms with Gasteiger partial charge in [-0.25, -0.2) is 14.2 Å². The first-order valence-electron chi connectivity index (χ1n) is 7.05. The Morgan fingerprint density at radius 3 is 1.21 bits per heavy atom. The molecule has 22 heteroatoms. The van der Waals surface area contributed by atoms with Gasteiger partial charge in [0, 0.05) is 0 Å². The summed E-state index contributed by atoms with van der Waals surface area (Å²) in [6.07, 6.45) is -6.31. The maximum atomic E-state index is 11.6. The van der Waals surface area contributed by atoms with Gasteiger partial charge in [-0.1, -0.05) is 0 Å². The average Bonchev–Trinajstić information content (AvgIpc) is 2.42. The van der Waals surface area contributed by atoms with Crippen molar-refractivity contribution in [2.24, 2.45) is 0 Å². The van der Waals surface area contributed by atoms with Crippen LogP contribution in [-0.4, -0.2) is 158 Å². The number of carbonyl (C=O) groups is 6. The minimum absolute atomic E-state index is 0. The van der Waals surface area contributed by atoms with Crippen LogP contribution in [0.15, 0.2) is 0 Å². The summed E-state index contributed by atoms with van der Waals surface area (Å²) >= 11 is 0. The van der Waals surface area contributed by atoms with Gasteiger partial charge in [0.1, 0.15) is 0 Å². The minimum atomic E-state index is -5.39. The second-order valence-electron chi connectivity index (χ2n) is 5.57. The van der Waals surface area contributed by atoms with Crippen molar-refractivity contribution in [2.75, 3.05) is 0 Å². The van der Waals surface area contributed by atoms with Gasteiger partial charge in [0.05, 0.1) is 25.7 Å². The molecule has 0 bridgehead atoms. The molecule has 19 nitrogen and oxygen atoms in total. The summed E-state index contributed by atoms with van der Waals surface area (Å²) in [7, 11) is -5.39. The molecule has 0 aliphatic carbocycles. The number of carbonyl (C=O) groups excluding carboxylic acids is 3. The summed E-state index contributed by atoms with van der Waals surface area (Å²) in [5.41, 5.74) is -6.51. The normalized spacial score (nSPS) is 13.1. The third-order valence-electron chi connectivity index (χ3n) is 3.00. The van der Waals surface area contributed by atoms with Gasteiger partial charge in [-0.15, -0.1) is 0 Å². The van der Waals surface area contributed by atoms with Crippen LogP contribution < -0.4 is 0 Å². The van der Waals surface area contributed by atoms with Crippen molar-refractivity contribution in [2.45, 2.75) is 36.9 Å². The molecule has 0 amide bonds. The van der Waals surface area contributed by atoms with E-state index in [1.54, 1.807) is 0 Å².